The lowest BCUT2D eigenvalue weighted by Gasteiger charge is -2.36. The van der Waals surface area contributed by atoms with Crippen molar-refractivity contribution in [2.24, 2.45) is 0 Å². The number of benzene rings is 2. The maximum atomic E-state index is 12.8. The van der Waals surface area contributed by atoms with E-state index >= 15 is 0 Å². The van der Waals surface area contributed by atoms with Crippen LogP contribution < -0.4 is 9.64 Å². The quantitative estimate of drug-likeness (QED) is 0.608. The monoisotopic (exact) mass is 427 g/mol. The molecule has 1 saturated heterocycles. The summed E-state index contributed by atoms with van der Waals surface area (Å²) in [6.07, 6.45) is 2.28. The lowest BCUT2D eigenvalue weighted by molar-refractivity contribution is 0.0746. The van der Waals surface area contributed by atoms with E-state index in [0.29, 0.717) is 18.7 Å². The number of rotatable bonds is 5. The van der Waals surface area contributed by atoms with Gasteiger partial charge in [0, 0.05) is 37.4 Å². The molecule has 10 heteroatoms. The molecule has 1 aromatic heterocycles. The number of anilines is 1. The lowest BCUT2D eigenvalue weighted by atomic mass is 10.1. The minimum atomic E-state index is -3.80. The summed E-state index contributed by atoms with van der Waals surface area (Å²) in [6, 6.07) is 13.7. The molecule has 4 rings (SSSR count). The summed E-state index contributed by atoms with van der Waals surface area (Å²) in [5.41, 5.74) is 1.54. The van der Waals surface area contributed by atoms with Crippen molar-refractivity contribution in [3.8, 4) is 5.75 Å². The summed E-state index contributed by atoms with van der Waals surface area (Å²) < 4.78 is 30.9. The summed E-state index contributed by atoms with van der Waals surface area (Å²) in [6.45, 7) is 2.61. The number of hydrogen-bond donors (Lipinski definition) is 0. The minimum Gasteiger partial charge on any atom is -0.497 e. The molecule has 3 aromatic rings. The van der Waals surface area contributed by atoms with E-state index in [0.717, 1.165) is 41.3 Å². The Morgan fingerprint density at radius 2 is 1.63 bits per heavy atom. The number of amides is 1. The van der Waals surface area contributed by atoms with E-state index in [4.69, 9.17) is 4.74 Å². The van der Waals surface area contributed by atoms with Gasteiger partial charge in [-0.25, -0.2) is 4.98 Å². The molecule has 0 atom stereocenters. The van der Waals surface area contributed by atoms with Gasteiger partial charge < -0.3 is 14.5 Å². The number of aromatic nitrogens is 3. The molecule has 1 amide bonds. The van der Waals surface area contributed by atoms with Crippen molar-refractivity contribution < 1.29 is 17.9 Å². The number of nitrogens with zero attached hydrogens (tertiary/aromatic N) is 5. The van der Waals surface area contributed by atoms with E-state index in [2.05, 4.69) is 15.0 Å². The third kappa shape index (κ3) is 3.86. The first kappa shape index (κ1) is 19.9. The van der Waals surface area contributed by atoms with Gasteiger partial charge in [-0.3, -0.25) is 4.79 Å². The molecule has 30 heavy (non-hydrogen) atoms. The molecule has 0 N–H and O–H groups in total. The second kappa shape index (κ2) is 8.15. The highest BCUT2D eigenvalue weighted by atomic mass is 32.2. The summed E-state index contributed by atoms with van der Waals surface area (Å²) in [5.74, 6) is 0.691. The zero-order valence-corrected chi connectivity index (χ0v) is 17.2. The van der Waals surface area contributed by atoms with Crippen molar-refractivity contribution in [1.29, 1.82) is 0 Å². The Labute approximate surface area is 174 Å². The van der Waals surface area contributed by atoms with Crippen LogP contribution in [0.1, 0.15) is 10.4 Å². The highest BCUT2D eigenvalue weighted by molar-refractivity contribution is 7.89. The Balaban J connectivity index is 1.40. The van der Waals surface area contributed by atoms with Crippen molar-refractivity contribution in [3.05, 3.63) is 66.7 Å². The van der Waals surface area contributed by atoms with Crippen molar-refractivity contribution in [2.75, 3.05) is 38.2 Å². The molecule has 156 valence electrons. The van der Waals surface area contributed by atoms with Gasteiger partial charge in [-0.15, -0.1) is 9.19 Å². The molecule has 2 aromatic carbocycles. The first-order chi connectivity index (χ1) is 14.5. The number of carbonyl (C=O) groups is 1. The van der Waals surface area contributed by atoms with Gasteiger partial charge in [0.1, 0.15) is 18.4 Å². The second-order valence-electron chi connectivity index (χ2n) is 6.77. The van der Waals surface area contributed by atoms with Crippen LogP contribution in [-0.2, 0) is 10.0 Å². The molecule has 1 fully saturated rings. The summed E-state index contributed by atoms with van der Waals surface area (Å²) in [4.78, 5) is 20.5. The Bertz CT molecular complexity index is 1110. The van der Waals surface area contributed by atoms with Gasteiger partial charge in [-0.2, -0.15) is 8.42 Å². The molecule has 0 unspecified atom stereocenters. The fourth-order valence-corrected chi connectivity index (χ4v) is 4.38. The van der Waals surface area contributed by atoms with Crippen LogP contribution in [0.4, 0.5) is 5.69 Å². The molecule has 0 bridgehead atoms. The van der Waals surface area contributed by atoms with E-state index in [-0.39, 0.29) is 10.8 Å². The zero-order chi connectivity index (χ0) is 21.1. The van der Waals surface area contributed by atoms with Crippen molar-refractivity contribution in [3.63, 3.8) is 0 Å². The van der Waals surface area contributed by atoms with Crippen LogP contribution in [0.2, 0.25) is 0 Å². The van der Waals surface area contributed by atoms with Crippen LogP contribution >= 0.6 is 0 Å². The Kier molecular flexibility index (Phi) is 5.40. The molecule has 9 nitrogen and oxygen atoms in total. The first-order valence-corrected chi connectivity index (χ1v) is 10.8. The molecule has 0 spiro atoms. The summed E-state index contributed by atoms with van der Waals surface area (Å²) in [7, 11) is -2.17. The van der Waals surface area contributed by atoms with Crippen LogP contribution in [0.25, 0.3) is 0 Å². The number of hydrogen-bond acceptors (Lipinski definition) is 7. The SMILES string of the molecule is COc1ccc(N2CCN(C(=O)c3ccc(S(=O)(=O)n4cncn4)cc3)CC2)cc1. The van der Waals surface area contributed by atoms with Crippen LogP contribution in [-0.4, -0.2) is 66.7 Å². The van der Waals surface area contributed by atoms with Gasteiger partial charge in [0.05, 0.1) is 12.0 Å². The van der Waals surface area contributed by atoms with Crippen molar-refractivity contribution in [1.82, 2.24) is 19.1 Å². The predicted octanol–water partition coefficient (Wildman–Crippen LogP) is 1.49. The van der Waals surface area contributed by atoms with Gasteiger partial charge in [-0.05, 0) is 48.5 Å². The Hall–Kier alpha value is -3.40. The third-order valence-electron chi connectivity index (χ3n) is 5.05. The van der Waals surface area contributed by atoms with Crippen LogP contribution in [0.3, 0.4) is 0 Å². The molecule has 1 aliphatic rings. The average Bonchev–Trinajstić information content (AvgIpc) is 3.35. The highest BCUT2D eigenvalue weighted by Gasteiger charge is 2.23. The van der Waals surface area contributed by atoms with Crippen LogP contribution in [0, 0.1) is 0 Å². The highest BCUT2D eigenvalue weighted by Crippen LogP contribution is 2.21. The normalized spacial score (nSPS) is 14.6. The van der Waals surface area contributed by atoms with E-state index in [1.165, 1.54) is 24.3 Å². The average molecular weight is 427 g/mol. The lowest BCUT2D eigenvalue weighted by Crippen LogP contribution is -2.48. The largest absolute Gasteiger partial charge is 0.497 e. The second-order valence-corrected chi connectivity index (χ2v) is 8.57. The van der Waals surface area contributed by atoms with Crippen molar-refractivity contribution in [2.45, 2.75) is 4.90 Å². The number of methoxy groups -OCH3 is 1. The first-order valence-electron chi connectivity index (χ1n) is 9.37. The molecule has 0 radical (unpaired) electrons. The van der Waals surface area contributed by atoms with Crippen LogP contribution in [0.15, 0.2) is 66.1 Å². The minimum absolute atomic E-state index is 0.0499. The summed E-state index contributed by atoms with van der Waals surface area (Å²) in [5, 5.41) is 3.67. The van der Waals surface area contributed by atoms with Gasteiger partial charge in [0.25, 0.3) is 15.9 Å². The molecule has 2 heterocycles. The smallest absolute Gasteiger partial charge is 0.284 e. The standard InChI is InChI=1S/C20H21N5O4S/c1-29-18-6-4-17(5-7-18)23-10-12-24(13-11-23)20(26)16-2-8-19(9-3-16)30(27,28)25-15-21-14-22-25/h2-9,14-15H,10-13H2,1H3. The molecular formula is C20H21N5O4S. The maximum Gasteiger partial charge on any atom is 0.284 e. The van der Waals surface area contributed by atoms with Gasteiger partial charge in [0.15, 0.2) is 0 Å². The topological polar surface area (TPSA) is 97.6 Å². The number of ether oxygens (including phenoxy) is 1. The molecule has 0 aliphatic carbocycles. The predicted molar refractivity (Wildman–Crippen MR) is 110 cm³/mol. The molecule has 0 saturated carbocycles. The van der Waals surface area contributed by atoms with Crippen molar-refractivity contribution >= 4 is 21.6 Å². The molecule has 1 aliphatic heterocycles. The Morgan fingerprint density at radius 3 is 2.20 bits per heavy atom. The zero-order valence-electron chi connectivity index (χ0n) is 16.4. The third-order valence-corrected chi connectivity index (χ3v) is 6.60. The van der Waals surface area contributed by atoms with Gasteiger partial charge in [-0.1, -0.05) is 0 Å². The van der Waals surface area contributed by atoms with E-state index < -0.39 is 10.0 Å². The fraction of sp³-hybridized carbons (Fsp3) is 0.250. The van der Waals surface area contributed by atoms with E-state index in [1.54, 1.807) is 12.0 Å². The van der Waals surface area contributed by atoms with Crippen LogP contribution in [0.5, 0.6) is 5.75 Å². The number of carbonyl (C=O) groups excluding carboxylic acids is 1. The van der Waals surface area contributed by atoms with Gasteiger partial charge in [0.2, 0.25) is 0 Å². The maximum absolute atomic E-state index is 12.8. The Morgan fingerprint density at radius 1 is 0.967 bits per heavy atom. The van der Waals surface area contributed by atoms with E-state index in [9.17, 15) is 13.2 Å². The number of piperazine rings is 1. The van der Waals surface area contributed by atoms with Gasteiger partial charge >= 0.3 is 0 Å². The van der Waals surface area contributed by atoms with E-state index in [1.807, 2.05) is 24.3 Å². The molecular weight excluding hydrogens is 406 g/mol. The fourth-order valence-electron chi connectivity index (χ4n) is 3.34. The summed E-state index contributed by atoms with van der Waals surface area (Å²) >= 11 is 0.